The molecule has 1 atom stereocenters. The first kappa shape index (κ1) is 17.1. The van der Waals surface area contributed by atoms with Crippen molar-refractivity contribution < 1.29 is 19.2 Å². The number of aromatic nitrogens is 2. The summed E-state index contributed by atoms with van der Waals surface area (Å²) < 4.78 is 5.28. The normalized spacial score (nSPS) is 16.7. The van der Waals surface area contributed by atoms with E-state index in [0.717, 1.165) is 12.0 Å². The molecule has 2 aromatic rings. The van der Waals surface area contributed by atoms with Gasteiger partial charge in [0.1, 0.15) is 0 Å². The van der Waals surface area contributed by atoms with Gasteiger partial charge in [0.25, 0.3) is 0 Å². The van der Waals surface area contributed by atoms with E-state index in [1.165, 1.54) is 0 Å². The van der Waals surface area contributed by atoms with Gasteiger partial charge in [-0.1, -0.05) is 48.8 Å². The van der Waals surface area contributed by atoms with E-state index in [0.29, 0.717) is 31.1 Å². The van der Waals surface area contributed by atoms with Crippen molar-refractivity contribution in [3.8, 4) is 11.4 Å². The number of aliphatic carboxylic acids is 1. The zero-order valence-corrected chi connectivity index (χ0v) is 14.1. The zero-order chi connectivity index (χ0) is 17.9. The molecule has 1 saturated carbocycles. The molecule has 1 aliphatic carbocycles. The van der Waals surface area contributed by atoms with Crippen LogP contribution >= 0.6 is 0 Å². The van der Waals surface area contributed by atoms with Gasteiger partial charge in [-0.3, -0.25) is 9.59 Å². The predicted octanol–water partition coefficient (Wildman–Crippen LogP) is 2.60. The Morgan fingerprint density at radius 2 is 2.04 bits per heavy atom. The quantitative estimate of drug-likeness (QED) is 0.800. The van der Waals surface area contributed by atoms with E-state index in [9.17, 15) is 14.7 Å². The number of carboxylic acids is 1. The van der Waals surface area contributed by atoms with E-state index in [1.54, 1.807) is 0 Å². The van der Waals surface area contributed by atoms with E-state index in [-0.39, 0.29) is 18.2 Å². The second kappa shape index (κ2) is 7.04. The van der Waals surface area contributed by atoms with Crippen molar-refractivity contribution >= 4 is 11.9 Å². The van der Waals surface area contributed by atoms with Crippen LogP contribution in [0, 0.1) is 5.41 Å². The van der Waals surface area contributed by atoms with Crippen LogP contribution in [0.3, 0.4) is 0 Å². The van der Waals surface area contributed by atoms with Gasteiger partial charge >= 0.3 is 5.97 Å². The van der Waals surface area contributed by atoms with E-state index in [1.807, 2.05) is 37.3 Å². The molecule has 1 aliphatic rings. The first-order valence-corrected chi connectivity index (χ1v) is 8.39. The molecule has 0 aliphatic heterocycles. The fourth-order valence-electron chi connectivity index (χ4n) is 2.93. The Balaban J connectivity index is 1.54. The third kappa shape index (κ3) is 3.70. The number of nitrogens with one attached hydrogen (secondary N) is 1. The predicted molar refractivity (Wildman–Crippen MR) is 89.7 cm³/mol. The molecule has 2 N–H and O–H groups in total. The fourth-order valence-corrected chi connectivity index (χ4v) is 2.93. The molecule has 132 valence electrons. The van der Waals surface area contributed by atoms with Gasteiger partial charge in [-0.25, -0.2) is 0 Å². The molecule has 1 aromatic carbocycles. The van der Waals surface area contributed by atoms with Crippen molar-refractivity contribution in [2.24, 2.45) is 5.41 Å². The second-order valence-corrected chi connectivity index (χ2v) is 6.64. The van der Waals surface area contributed by atoms with Crippen LogP contribution in [0.1, 0.15) is 44.4 Å². The van der Waals surface area contributed by atoms with Crippen molar-refractivity contribution in [2.45, 2.75) is 38.5 Å². The highest BCUT2D eigenvalue weighted by Gasteiger charge is 2.45. The molecule has 1 unspecified atom stereocenters. The summed E-state index contributed by atoms with van der Waals surface area (Å²) in [5.74, 6) is -0.344. The molecule has 1 amide bonds. The third-order valence-electron chi connectivity index (χ3n) is 4.76. The monoisotopic (exact) mass is 343 g/mol. The number of carboxylic acid groups (broad SMARTS) is 1. The molecule has 3 rings (SSSR count). The molecule has 1 fully saturated rings. The molecule has 25 heavy (non-hydrogen) atoms. The summed E-state index contributed by atoms with van der Waals surface area (Å²) >= 11 is 0. The van der Waals surface area contributed by atoms with Crippen molar-refractivity contribution in [2.75, 3.05) is 6.54 Å². The maximum Gasteiger partial charge on any atom is 0.310 e. The van der Waals surface area contributed by atoms with Gasteiger partial charge in [0.05, 0.1) is 11.3 Å². The van der Waals surface area contributed by atoms with Gasteiger partial charge < -0.3 is 14.9 Å². The first-order chi connectivity index (χ1) is 12.0. The SMILES string of the molecule is CC(CNC(=O)CC1(C(=O)O)CCC1)c1nc(-c2ccccc2)no1. The molecule has 0 saturated heterocycles. The fraction of sp³-hybridized carbons (Fsp3) is 0.444. The summed E-state index contributed by atoms with van der Waals surface area (Å²) in [5.41, 5.74) is -0.0136. The summed E-state index contributed by atoms with van der Waals surface area (Å²) in [6.45, 7) is 2.20. The smallest absolute Gasteiger partial charge is 0.310 e. The van der Waals surface area contributed by atoms with Crippen molar-refractivity contribution in [1.82, 2.24) is 15.5 Å². The highest BCUT2D eigenvalue weighted by atomic mass is 16.5. The van der Waals surface area contributed by atoms with Crippen molar-refractivity contribution in [3.63, 3.8) is 0 Å². The van der Waals surface area contributed by atoms with Crippen molar-refractivity contribution in [3.05, 3.63) is 36.2 Å². The number of hydrogen-bond donors (Lipinski definition) is 2. The van der Waals surface area contributed by atoms with Crippen LogP contribution in [0.25, 0.3) is 11.4 Å². The van der Waals surface area contributed by atoms with Crippen LogP contribution in [0.5, 0.6) is 0 Å². The second-order valence-electron chi connectivity index (χ2n) is 6.64. The van der Waals surface area contributed by atoms with Gasteiger partial charge in [0.15, 0.2) is 0 Å². The average molecular weight is 343 g/mol. The molecule has 1 aromatic heterocycles. The molecular formula is C18H21N3O4. The lowest BCUT2D eigenvalue weighted by atomic mass is 9.66. The maximum atomic E-state index is 12.1. The number of nitrogens with zero attached hydrogens (tertiary/aromatic N) is 2. The number of carbonyl (C=O) groups excluding carboxylic acids is 1. The van der Waals surface area contributed by atoms with Gasteiger partial charge in [-0.2, -0.15) is 4.98 Å². The Bertz CT molecular complexity index is 753. The number of benzene rings is 1. The Labute approximate surface area is 145 Å². The van der Waals surface area contributed by atoms with E-state index < -0.39 is 11.4 Å². The van der Waals surface area contributed by atoms with Crippen LogP contribution in [-0.4, -0.2) is 33.7 Å². The molecule has 0 radical (unpaired) electrons. The van der Waals surface area contributed by atoms with Crippen molar-refractivity contribution in [1.29, 1.82) is 0 Å². The number of hydrogen-bond acceptors (Lipinski definition) is 5. The summed E-state index contributed by atoms with van der Waals surface area (Å²) in [5, 5.41) is 16.0. The topological polar surface area (TPSA) is 105 Å². The minimum absolute atomic E-state index is 0.0220. The lowest BCUT2D eigenvalue weighted by Gasteiger charge is -2.36. The lowest BCUT2D eigenvalue weighted by Crippen LogP contribution is -2.43. The molecule has 1 heterocycles. The summed E-state index contributed by atoms with van der Waals surface area (Å²) in [4.78, 5) is 27.8. The number of carbonyl (C=O) groups is 2. The maximum absolute atomic E-state index is 12.1. The largest absolute Gasteiger partial charge is 0.481 e. The standard InChI is InChI=1S/C18H21N3O4/c1-12(11-19-14(22)10-18(17(23)24)8-5-9-18)16-20-15(21-25-16)13-6-3-2-4-7-13/h2-4,6-7,12H,5,8-11H2,1H3,(H,19,22)(H,23,24). The first-order valence-electron chi connectivity index (χ1n) is 8.39. The highest BCUT2D eigenvalue weighted by molar-refractivity contribution is 5.85. The van der Waals surface area contributed by atoms with Gasteiger partial charge in [0, 0.05) is 18.5 Å². The summed E-state index contributed by atoms with van der Waals surface area (Å²) in [6, 6.07) is 9.49. The van der Waals surface area contributed by atoms with E-state index in [4.69, 9.17) is 4.52 Å². The minimum atomic E-state index is -0.883. The Kier molecular flexibility index (Phi) is 4.83. The van der Waals surface area contributed by atoms with Crippen LogP contribution in [-0.2, 0) is 9.59 Å². The summed E-state index contributed by atoms with van der Waals surface area (Å²) in [7, 11) is 0. The number of amides is 1. The molecule has 7 heteroatoms. The summed E-state index contributed by atoms with van der Waals surface area (Å²) in [6.07, 6.45) is 2.01. The average Bonchev–Trinajstić information content (AvgIpc) is 3.06. The molecular weight excluding hydrogens is 322 g/mol. The lowest BCUT2D eigenvalue weighted by molar-refractivity contribution is -0.157. The van der Waals surface area contributed by atoms with Crippen LogP contribution in [0.4, 0.5) is 0 Å². The Hall–Kier alpha value is -2.70. The Morgan fingerprint density at radius 3 is 2.64 bits per heavy atom. The Morgan fingerprint density at radius 1 is 1.32 bits per heavy atom. The van der Waals surface area contributed by atoms with Gasteiger partial charge in [-0.05, 0) is 12.8 Å². The van der Waals surface area contributed by atoms with Gasteiger partial charge in [0.2, 0.25) is 17.6 Å². The highest BCUT2D eigenvalue weighted by Crippen LogP contribution is 2.44. The molecule has 7 nitrogen and oxygen atoms in total. The van der Waals surface area contributed by atoms with Gasteiger partial charge in [-0.15, -0.1) is 0 Å². The number of rotatable bonds is 7. The minimum Gasteiger partial charge on any atom is -0.481 e. The third-order valence-corrected chi connectivity index (χ3v) is 4.76. The van der Waals surface area contributed by atoms with Crippen LogP contribution in [0.2, 0.25) is 0 Å². The van der Waals surface area contributed by atoms with Crippen LogP contribution in [0.15, 0.2) is 34.9 Å². The zero-order valence-electron chi connectivity index (χ0n) is 14.1. The van der Waals surface area contributed by atoms with Crippen LogP contribution < -0.4 is 5.32 Å². The molecule has 0 spiro atoms. The van der Waals surface area contributed by atoms with E-state index >= 15 is 0 Å². The molecule has 0 bridgehead atoms. The van der Waals surface area contributed by atoms with E-state index in [2.05, 4.69) is 15.5 Å².